The molecule has 2 heterocycles. The van der Waals surface area contributed by atoms with E-state index in [1.165, 1.54) is 5.56 Å². The van der Waals surface area contributed by atoms with E-state index < -0.39 is 0 Å². The summed E-state index contributed by atoms with van der Waals surface area (Å²) in [5.41, 5.74) is 3.51. The third-order valence-corrected chi connectivity index (χ3v) is 3.95. The number of benzene rings is 1. The van der Waals surface area contributed by atoms with E-state index in [1.54, 1.807) is 18.3 Å². The van der Waals surface area contributed by atoms with Gasteiger partial charge < -0.3 is 14.8 Å². The lowest BCUT2D eigenvalue weighted by molar-refractivity contribution is 0.101. The highest BCUT2D eigenvalue weighted by atomic mass is 16.5. The molecule has 0 aliphatic carbocycles. The largest absolute Gasteiger partial charge is 0.471 e. The number of carbonyl (C=O) groups excluding carboxylic acids is 1. The fourth-order valence-corrected chi connectivity index (χ4v) is 2.44. The van der Waals surface area contributed by atoms with Crippen molar-refractivity contribution in [1.29, 1.82) is 0 Å². The molecule has 1 aliphatic rings. The zero-order chi connectivity index (χ0) is 16.2. The molecule has 1 aliphatic heterocycles. The molecule has 0 bridgehead atoms. The first-order valence-electron chi connectivity index (χ1n) is 7.71. The summed E-state index contributed by atoms with van der Waals surface area (Å²) < 4.78 is 11.1. The zero-order valence-electron chi connectivity index (χ0n) is 13.3. The third kappa shape index (κ3) is 3.68. The second-order valence-electron chi connectivity index (χ2n) is 5.71. The lowest BCUT2D eigenvalue weighted by atomic mass is 10.1. The van der Waals surface area contributed by atoms with Crippen LogP contribution in [0.25, 0.3) is 0 Å². The van der Waals surface area contributed by atoms with Gasteiger partial charge in [0, 0.05) is 18.3 Å². The standard InChI is InChI=1S/C18H20N2O3/c1-12-5-6-14(10-13(12)2)20-17(21)16-4-3-8-19-18(16)23-15-7-9-22-11-15/h3-6,8,10,15H,7,9,11H2,1-2H3,(H,20,21)/t15-/m0/s1. The Morgan fingerprint density at radius 1 is 1.30 bits per heavy atom. The molecule has 1 atom stereocenters. The summed E-state index contributed by atoms with van der Waals surface area (Å²) in [6.07, 6.45) is 2.39. The second-order valence-corrected chi connectivity index (χ2v) is 5.71. The van der Waals surface area contributed by atoms with Crippen molar-refractivity contribution in [1.82, 2.24) is 4.98 Å². The summed E-state index contributed by atoms with van der Waals surface area (Å²) in [7, 11) is 0. The first kappa shape index (κ1) is 15.5. The predicted molar refractivity (Wildman–Crippen MR) is 88.0 cm³/mol. The number of rotatable bonds is 4. The molecule has 3 rings (SSSR count). The van der Waals surface area contributed by atoms with E-state index in [4.69, 9.17) is 9.47 Å². The van der Waals surface area contributed by atoms with E-state index in [1.807, 2.05) is 32.0 Å². The average Bonchev–Trinajstić information content (AvgIpc) is 3.04. The Morgan fingerprint density at radius 2 is 2.17 bits per heavy atom. The Morgan fingerprint density at radius 3 is 2.91 bits per heavy atom. The lowest BCUT2D eigenvalue weighted by Crippen LogP contribution is -2.20. The van der Waals surface area contributed by atoms with Gasteiger partial charge in [0.25, 0.3) is 5.91 Å². The predicted octanol–water partition coefficient (Wildman–Crippen LogP) is 3.12. The number of aromatic nitrogens is 1. The molecule has 120 valence electrons. The van der Waals surface area contributed by atoms with Crippen molar-refractivity contribution in [2.75, 3.05) is 18.5 Å². The Labute approximate surface area is 135 Å². The Balaban J connectivity index is 1.77. The van der Waals surface area contributed by atoms with Crippen molar-refractivity contribution >= 4 is 11.6 Å². The van der Waals surface area contributed by atoms with E-state index in [0.29, 0.717) is 24.7 Å². The maximum atomic E-state index is 12.5. The normalized spacial score (nSPS) is 17.0. The summed E-state index contributed by atoms with van der Waals surface area (Å²) in [6, 6.07) is 9.28. The van der Waals surface area contributed by atoms with E-state index in [0.717, 1.165) is 17.7 Å². The summed E-state index contributed by atoms with van der Waals surface area (Å²) in [4.78, 5) is 16.7. The Hall–Kier alpha value is -2.40. The topological polar surface area (TPSA) is 60.5 Å². The Kier molecular flexibility index (Phi) is 4.57. The minimum Gasteiger partial charge on any atom is -0.471 e. The number of aryl methyl sites for hydroxylation is 2. The highest BCUT2D eigenvalue weighted by Crippen LogP contribution is 2.21. The molecule has 1 N–H and O–H groups in total. The highest BCUT2D eigenvalue weighted by Gasteiger charge is 2.21. The smallest absolute Gasteiger partial charge is 0.261 e. The van der Waals surface area contributed by atoms with Crippen molar-refractivity contribution in [3.63, 3.8) is 0 Å². The van der Waals surface area contributed by atoms with Crippen molar-refractivity contribution in [2.24, 2.45) is 0 Å². The number of nitrogens with one attached hydrogen (secondary N) is 1. The van der Waals surface area contributed by atoms with Crippen molar-refractivity contribution in [3.05, 3.63) is 53.2 Å². The van der Waals surface area contributed by atoms with Gasteiger partial charge in [-0.15, -0.1) is 0 Å². The van der Waals surface area contributed by atoms with Crippen LogP contribution in [-0.2, 0) is 4.74 Å². The molecule has 0 radical (unpaired) electrons. The van der Waals surface area contributed by atoms with Gasteiger partial charge in [0.15, 0.2) is 0 Å². The number of amides is 1. The monoisotopic (exact) mass is 312 g/mol. The van der Waals surface area contributed by atoms with Gasteiger partial charge in [-0.2, -0.15) is 0 Å². The van der Waals surface area contributed by atoms with Crippen LogP contribution in [0, 0.1) is 13.8 Å². The molecular weight excluding hydrogens is 292 g/mol. The van der Waals surface area contributed by atoms with Gasteiger partial charge in [-0.1, -0.05) is 6.07 Å². The first-order valence-corrected chi connectivity index (χ1v) is 7.71. The summed E-state index contributed by atoms with van der Waals surface area (Å²) in [5, 5.41) is 2.90. The van der Waals surface area contributed by atoms with Gasteiger partial charge in [-0.3, -0.25) is 4.79 Å². The maximum Gasteiger partial charge on any atom is 0.261 e. The summed E-state index contributed by atoms with van der Waals surface area (Å²) in [5.74, 6) is 0.125. The van der Waals surface area contributed by atoms with Gasteiger partial charge >= 0.3 is 0 Å². The van der Waals surface area contributed by atoms with E-state index in [9.17, 15) is 4.79 Å². The molecular formula is C18H20N2O3. The van der Waals surface area contributed by atoms with Gasteiger partial charge in [-0.05, 0) is 49.2 Å². The van der Waals surface area contributed by atoms with Crippen molar-refractivity contribution < 1.29 is 14.3 Å². The van der Waals surface area contributed by atoms with Crippen LogP contribution >= 0.6 is 0 Å². The number of carbonyl (C=O) groups is 1. The maximum absolute atomic E-state index is 12.5. The van der Waals surface area contributed by atoms with Crippen LogP contribution in [0.1, 0.15) is 27.9 Å². The van der Waals surface area contributed by atoms with Crippen LogP contribution in [-0.4, -0.2) is 30.2 Å². The number of hydrogen-bond donors (Lipinski definition) is 1. The number of hydrogen-bond acceptors (Lipinski definition) is 4. The minimum absolute atomic E-state index is 0.0435. The van der Waals surface area contributed by atoms with E-state index >= 15 is 0 Å². The average molecular weight is 312 g/mol. The van der Waals surface area contributed by atoms with Crippen LogP contribution in [0.5, 0.6) is 5.88 Å². The van der Waals surface area contributed by atoms with Crippen molar-refractivity contribution in [2.45, 2.75) is 26.4 Å². The van der Waals surface area contributed by atoms with E-state index in [2.05, 4.69) is 10.3 Å². The van der Waals surface area contributed by atoms with Gasteiger partial charge in [0.05, 0.1) is 13.2 Å². The lowest BCUT2D eigenvalue weighted by Gasteiger charge is -2.14. The summed E-state index contributed by atoms with van der Waals surface area (Å²) in [6.45, 7) is 5.28. The second kappa shape index (κ2) is 6.79. The molecule has 0 spiro atoms. The number of pyridine rings is 1. The molecule has 1 fully saturated rings. The van der Waals surface area contributed by atoms with Crippen LogP contribution in [0.2, 0.25) is 0 Å². The molecule has 1 amide bonds. The van der Waals surface area contributed by atoms with Crippen LogP contribution in [0.3, 0.4) is 0 Å². The van der Waals surface area contributed by atoms with Gasteiger partial charge in [-0.25, -0.2) is 4.98 Å². The van der Waals surface area contributed by atoms with Gasteiger partial charge in [0.2, 0.25) is 5.88 Å². The number of ether oxygens (including phenoxy) is 2. The molecule has 1 aromatic heterocycles. The number of anilines is 1. The fourth-order valence-electron chi connectivity index (χ4n) is 2.44. The molecule has 5 nitrogen and oxygen atoms in total. The highest BCUT2D eigenvalue weighted by molar-refractivity contribution is 6.05. The first-order chi connectivity index (χ1) is 11.1. The molecule has 5 heteroatoms. The molecule has 1 saturated heterocycles. The third-order valence-electron chi connectivity index (χ3n) is 3.95. The van der Waals surface area contributed by atoms with Crippen molar-refractivity contribution in [3.8, 4) is 5.88 Å². The van der Waals surface area contributed by atoms with Crippen LogP contribution in [0.15, 0.2) is 36.5 Å². The fraction of sp³-hybridized carbons (Fsp3) is 0.333. The van der Waals surface area contributed by atoms with Crippen LogP contribution in [0.4, 0.5) is 5.69 Å². The quantitative estimate of drug-likeness (QED) is 0.942. The van der Waals surface area contributed by atoms with E-state index in [-0.39, 0.29) is 12.0 Å². The molecule has 1 aromatic carbocycles. The molecule has 0 saturated carbocycles. The molecule has 2 aromatic rings. The Bertz CT molecular complexity index is 709. The van der Waals surface area contributed by atoms with Crippen LogP contribution < -0.4 is 10.1 Å². The molecule has 23 heavy (non-hydrogen) atoms. The zero-order valence-corrected chi connectivity index (χ0v) is 13.3. The SMILES string of the molecule is Cc1ccc(NC(=O)c2cccnc2O[C@H]2CCOC2)cc1C. The minimum atomic E-state index is -0.227. The number of nitrogens with zero attached hydrogens (tertiary/aromatic N) is 1. The molecule has 0 unspecified atom stereocenters. The summed E-state index contributed by atoms with van der Waals surface area (Å²) >= 11 is 0. The van der Waals surface area contributed by atoms with Gasteiger partial charge in [0.1, 0.15) is 11.7 Å².